The Morgan fingerprint density at radius 3 is 2.62 bits per heavy atom. The summed E-state index contributed by atoms with van der Waals surface area (Å²) in [5, 5.41) is 0. The van der Waals surface area contributed by atoms with Gasteiger partial charge >= 0.3 is 6.18 Å². The summed E-state index contributed by atoms with van der Waals surface area (Å²) in [5.74, 6) is 0.526. The molecule has 0 saturated heterocycles. The van der Waals surface area contributed by atoms with Crippen LogP contribution in [0.3, 0.4) is 0 Å². The third-order valence-corrected chi connectivity index (χ3v) is 3.80. The van der Waals surface area contributed by atoms with Crippen LogP contribution in [0.1, 0.15) is 5.56 Å². The van der Waals surface area contributed by atoms with Gasteiger partial charge in [0.05, 0.1) is 11.3 Å². The predicted molar refractivity (Wildman–Crippen MR) is 88.9 cm³/mol. The predicted octanol–water partition coefficient (Wildman–Crippen LogP) is 3.45. The minimum absolute atomic E-state index is 0.257. The quantitative estimate of drug-likeness (QED) is 0.595. The van der Waals surface area contributed by atoms with E-state index in [1.165, 1.54) is 12.4 Å². The van der Waals surface area contributed by atoms with E-state index in [2.05, 4.69) is 19.9 Å². The van der Waals surface area contributed by atoms with E-state index in [4.69, 9.17) is 5.73 Å². The van der Waals surface area contributed by atoms with Gasteiger partial charge in [0.25, 0.3) is 0 Å². The Morgan fingerprint density at radius 2 is 1.88 bits per heavy atom. The lowest BCUT2D eigenvalue weighted by Gasteiger charge is -2.09. The van der Waals surface area contributed by atoms with Crippen LogP contribution in [0.4, 0.5) is 19.0 Å². The van der Waals surface area contributed by atoms with Gasteiger partial charge in [-0.15, -0.1) is 0 Å². The van der Waals surface area contributed by atoms with E-state index in [1.54, 1.807) is 35.0 Å². The van der Waals surface area contributed by atoms with E-state index in [9.17, 15) is 13.2 Å². The molecule has 0 unspecified atom stereocenters. The van der Waals surface area contributed by atoms with Crippen molar-refractivity contribution in [2.75, 3.05) is 5.73 Å². The number of aromatic nitrogens is 5. The SMILES string of the molecule is Nc1ccn2c(-c3ccncn3)c(-c3cccc(C(F)(F)F)c3)nc2n1. The van der Waals surface area contributed by atoms with Crippen LogP contribution < -0.4 is 5.73 Å². The fourth-order valence-electron chi connectivity index (χ4n) is 2.66. The molecule has 0 fully saturated rings. The zero-order chi connectivity index (χ0) is 18.3. The minimum atomic E-state index is -4.45. The summed E-state index contributed by atoms with van der Waals surface area (Å²) in [7, 11) is 0. The number of alkyl halides is 3. The first kappa shape index (κ1) is 16.0. The van der Waals surface area contributed by atoms with Gasteiger partial charge in [0.2, 0.25) is 5.78 Å². The number of hydrogen-bond donors (Lipinski definition) is 1. The summed E-state index contributed by atoms with van der Waals surface area (Å²) in [6, 6.07) is 8.20. The van der Waals surface area contributed by atoms with Gasteiger partial charge in [-0.05, 0) is 24.3 Å². The van der Waals surface area contributed by atoms with E-state index < -0.39 is 11.7 Å². The number of anilines is 1. The molecule has 0 bridgehead atoms. The van der Waals surface area contributed by atoms with E-state index in [-0.39, 0.29) is 11.6 Å². The van der Waals surface area contributed by atoms with E-state index >= 15 is 0 Å². The van der Waals surface area contributed by atoms with Crippen molar-refractivity contribution < 1.29 is 13.2 Å². The van der Waals surface area contributed by atoms with Gasteiger partial charge in [-0.3, -0.25) is 4.40 Å². The summed E-state index contributed by atoms with van der Waals surface area (Å²) in [4.78, 5) is 16.6. The van der Waals surface area contributed by atoms with Crippen LogP contribution in [0.25, 0.3) is 28.4 Å². The summed E-state index contributed by atoms with van der Waals surface area (Å²) in [6.07, 6.45) is 0.101. The number of nitrogens with zero attached hydrogens (tertiary/aromatic N) is 5. The minimum Gasteiger partial charge on any atom is -0.384 e. The van der Waals surface area contributed by atoms with E-state index in [0.717, 1.165) is 12.1 Å². The molecule has 0 aliphatic rings. The molecule has 0 aliphatic heterocycles. The van der Waals surface area contributed by atoms with E-state index in [1.807, 2.05) is 0 Å². The van der Waals surface area contributed by atoms with Crippen molar-refractivity contribution in [3.63, 3.8) is 0 Å². The van der Waals surface area contributed by atoms with Gasteiger partial charge in [0.15, 0.2) is 0 Å². The first-order valence-corrected chi connectivity index (χ1v) is 7.52. The maximum Gasteiger partial charge on any atom is 0.416 e. The number of benzene rings is 1. The average Bonchev–Trinajstić information content (AvgIpc) is 3.00. The fraction of sp³-hybridized carbons (Fsp3) is 0.0588. The largest absolute Gasteiger partial charge is 0.416 e. The molecule has 9 heteroatoms. The van der Waals surface area contributed by atoms with Gasteiger partial charge in [-0.25, -0.2) is 15.0 Å². The Morgan fingerprint density at radius 1 is 1.04 bits per heavy atom. The molecule has 2 N–H and O–H groups in total. The Kier molecular flexibility index (Phi) is 3.57. The normalized spacial score (nSPS) is 11.8. The molecular weight excluding hydrogens is 345 g/mol. The Hall–Kier alpha value is -3.49. The zero-order valence-corrected chi connectivity index (χ0v) is 13.1. The molecule has 0 radical (unpaired) electrons. The molecule has 0 atom stereocenters. The van der Waals surface area contributed by atoms with Gasteiger partial charge in [-0.2, -0.15) is 18.2 Å². The van der Waals surface area contributed by atoms with Gasteiger partial charge in [0, 0.05) is 18.0 Å². The number of halogens is 3. The second-order valence-electron chi connectivity index (χ2n) is 5.50. The van der Waals surface area contributed by atoms with Crippen LogP contribution in [0.15, 0.2) is 55.1 Å². The molecule has 0 spiro atoms. The lowest BCUT2D eigenvalue weighted by atomic mass is 10.1. The van der Waals surface area contributed by atoms with Crippen LogP contribution in [0.5, 0.6) is 0 Å². The smallest absolute Gasteiger partial charge is 0.384 e. The number of nitrogen functional groups attached to an aromatic ring is 1. The number of nitrogens with two attached hydrogens (primary N) is 1. The highest BCUT2D eigenvalue weighted by atomic mass is 19.4. The van der Waals surface area contributed by atoms with Crippen molar-refractivity contribution in [3.05, 3.63) is 60.7 Å². The van der Waals surface area contributed by atoms with Crippen molar-refractivity contribution in [3.8, 4) is 22.6 Å². The van der Waals surface area contributed by atoms with Crippen LogP contribution in [0.2, 0.25) is 0 Å². The molecule has 3 heterocycles. The molecule has 0 saturated carbocycles. The highest BCUT2D eigenvalue weighted by Crippen LogP contribution is 2.35. The monoisotopic (exact) mass is 356 g/mol. The molecule has 1 aromatic carbocycles. The Balaban J connectivity index is 2.01. The van der Waals surface area contributed by atoms with Gasteiger partial charge in [-0.1, -0.05) is 12.1 Å². The molecule has 130 valence electrons. The standard InChI is InChI=1S/C17H11F3N6/c18-17(19,20)11-3-1-2-10(8-11)14-15(12-4-6-22-9-23-12)26-7-5-13(21)24-16(26)25-14/h1-9H,(H2,21,24,25). The third kappa shape index (κ3) is 2.73. The molecular formula is C17H11F3N6. The third-order valence-electron chi connectivity index (χ3n) is 3.80. The van der Waals surface area contributed by atoms with Crippen LogP contribution in [-0.4, -0.2) is 24.3 Å². The van der Waals surface area contributed by atoms with Crippen LogP contribution in [0, 0.1) is 0 Å². The molecule has 4 aromatic rings. The first-order valence-electron chi connectivity index (χ1n) is 7.52. The first-order chi connectivity index (χ1) is 12.4. The van der Waals surface area contributed by atoms with Crippen molar-refractivity contribution in [2.24, 2.45) is 0 Å². The van der Waals surface area contributed by atoms with Crippen molar-refractivity contribution in [1.29, 1.82) is 0 Å². The Bertz CT molecular complexity index is 1090. The summed E-state index contributed by atoms with van der Waals surface area (Å²) in [6.45, 7) is 0. The second-order valence-corrected chi connectivity index (χ2v) is 5.50. The molecule has 4 rings (SSSR count). The number of rotatable bonds is 2. The second kappa shape index (κ2) is 5.80. The van der Waals surface area contributed by atoms with E-state index in [0.29, 0.717) is 22.6 Å². The maximum absolute atomic E-state index is 13.1. The molecule has 6 nitrogen and oxygen atoms in total. The topological polar surface area (TPSA) is 82.0 Å². The maximum atomic E-state index is 13.1. The molecule has 26 heavy (non-hydrogen) atoms. The van der Waals surface area contributed by atoms with Gasteiger partial charge in [0.1, 0.15) is 23.5 Å². The fourth-order valence-corrected chi connectivity index (χ4v) is 2.66. The molecule has 3 aromatic heterocycles. The highest BCUT2D eigenvalue weighted by molar-refractivity contribution is 5.80. The number of hydrogen-bond acceptors (Lipinski definition) is 5. The van der Waals surface area contributed by atoms with Crippen molar-refractivity contribution in [2.45, 2.75) is 6.18 Å². The summed E-state index contributed by atoms with van der Waals surface area (Å²) >= 11 is 0. The van der Waals surface area contributed by atoms with Crippen molar-refractivity contribution >= 4 is 11.6 Å². The lowest BCUT2D eigenvalue weighted by Crippen LogP contribution is -2.04. The summed E-state index contributed by atoms with van der Waals surface area (Å²) in [5.41, 5.74) is 6.59. The highest BCUT2D eigenvalue weighted by Gasteiger charge is 2.31. The van der Waals surface area contributed by atoms with Crippen LogP contribution in [-0.2, 0) is 6.18 Å². The Labute approximate surface area is 145 Å². The van der Waals surface area contributed by atoms with Crippen molar-refractivity contribution in [1.82, 2.24) is 24.3 Å². The van der Waals surface area contributed by atoms with Gasteiger partial charge < -0.3 is 5.73 Å². The molecule has 0 amide bonds. The average molecular weight is 356 g/mol. The molecule has 0 aliphatic carbocycles. The number of imidazole rings is 1. The van der Waals surface area contributed by atoms with Crippen LogP contribution >= 0.6 is 0 Å². The summed E-state index contributed by atoms with van der Waals surface area (Å²) < 4.78 is 40.9. The number of fused-ring (bicyclic) bond motifs is 1. The lowest BCUT2D eigenvalue weighted by molar-refractivity contribution is -0.137. The zero-order valence-electron chi connectivity index (χ0n) is 13.1.